The third kappa shape index (κ3) is 4.05. The first-order valence-corrected chi connectivity index (χ1v) is 5.79. The van der Waals surface area contributed by atoms with Gasteiger partial charge < -0.3 is 4.74 Å². The van der Waals surface area contributed by atoms with Gasteiger partial charge in [0.2, 0.25) is 0 Å². The van der Waals surface area contributed by atoms with Crippen molar-refractivity contribution in [2.45, 2.75) is 33.1 Å². The fourth-order valence-electron chi connectivity index (χ4n) is 1.72. The summed E-state index contributed by atoms with van der Waals surface area (Å²) in [6.45, 7) is 6.38. The lowest BCUT2D eigenvalue weighted by atomic mass is 9.87. The molecule has 0 spiro atoms. The molecule has 0 radical (unpaired) electrons. The molecule has 2 nitrogen and oxygen atoms in total. The lowest BCUT2D eigenvalue weighted by Crippen LogP contribution is -2.11. The van der Waals surface area contributed by atoms with Crippen LogP contribution in [0.4, 0.5) is 0 Å². The number of benzene rings is 1. The molecule has 2 atom stereocenters. The van der Waals surface area contributed by atoms with Crippen LogP contribution in [0.5, 0.6) is 0 Å². The fourth-order valence-corrected chi connectivity index (χ4v) is 1.72. The topological polar surface area (TPSA) is 26.3 Å². The van der Waals surface area contributed by atoms with Crippen molar-refractivity contribution in [3.8, 4) is 0 Å². The summed E-state index contributed by atoms with van der Waals surface area (Å²) < 4.78 is 4.96. The van der Waals surface area contributed by atoms with Crippen molar-refractivity contribution in [2.24, 2.45) is 5.92 Å². The van der Waals surface area contributed by atoms with Gasteiger partial charge in [0.1, 0.15) is 0 Å². The maximum Gasteiger partial charge on any atom is 0.302 e. The van der Waals surface area contributed by atoms with Crippen LogP contribution in [0.15, 0.2) is 30.3 Å². The first-order chi connectivity index (χ1) is 7.61. The van der Waals surface area contributed by atoms with Gasteiger partial charge in [0, 0.05) is 6.92 Å². The second-order valence-electron chi connectivity index (χ2n) is 4.31. The predicted octanol–water partition coefficient (Wildman–Crippen LogP) is 3.38. The van der Waals surface area contributed by atoms with Crippen molar-refractivity contribution < 1.29 is 9.53 Å². The van der Waals surface area contributed by atoms with E-state index in [9.17, 15) is 4.79 Å². The average Bonchev–Trinajstić information content (AvgIpc) is 2.28. The minimum Gasteiger partial charge on any atom is -0.466 e. The van der Waals surface area contributed by atoms with E-state index in [1.54, 1.807) is 0 Å². The predicted molar refractivity (Wildman–Crippen MR) is 65.3 cm³/mol. The smallest absolute Gasteiger partial charge is 0.302 e. The summed E-state index contributed by atoms with van der Waals surface area (Å²) in [6.07, 6.45) is 0.912. The van der Waals surface area contributed by atoms with Crippen LogP contribution in [0.3, 0.4) is 0 Å². The molecular formula is C14H20O2. The van der Waals surface area contributed by atoms with Crippen LogP contribution in [-0.4, -0.2) is 12.6 Å². The molecule has 0 bridgehead atoms. The molecule has 0 fully saturated rings. The Labute approximate surface area is 97.6 Å². The third-order valence-electron chi connectivity index (χ3n) is 3.06. The zero-order valence-electron chi connectivity index (χ0n) is 10.3. The summed E-state index contributed by atoms with van der Waals surface area (Å²) in [4.78, 5) is 10.6. The van der Waals surface area contributed by atoms with Crippen molar-refractivity contribution in [1.29, 1.82) is 0 Å². The van der Waals surface area contributed by atoms with E-state index >= 15 is 0 Å². The first-order valence-electron chi connectivity index (χ1n) is 5.79. The van der Waals surface area contributed by atoms with Gasteiger partial charge in [-0.15, -0.1) is 0 Å². The number of carbonyl (C=O) groups is 1. The third-order valence-corrected chi connectivity index (χ3v) is 3.06. The Balaban J connectivity index is 2.42. The van der Waals surface area contributed by atoms with Crippen molar-refractivity contribution >= 4 is 5.97 Å². The largest absolute Gasteiger partial charge is 0.466 e. The van der Waals surface area contributed by atoms with Crippen molar-refractivity contribution in [3.05, 3.63) is 35.9 Å². The summed E-state index contributed by atoms with van der Waals surface area (Å²) in [6, 6.07) is 10.4. The van der Waals surface area contributed by atoms with Gasteiger partial charge in [-0.3, -0.25) is 4.79 Å². The maximum absolute atomic E-state index is 10.6. The number of ether oxygens (including phenoxy) is 1. The Bertz CT molecular complexity index is 319. The highest BCUT2D eigenvalue weighted by molar-refractivity contribution is 5.65. The highest BCUT2D eigenvalue weighted by Gasteiger charge is 2.14. The highest BCUT2D eigenvalue weighted by Crippen LogP contribution is 2.25. The molecule has 0 aliphatic carbocycles. The monoisotopic (exact) mass is 220 g/mol. The lowest BCUT2D eigenvalue weighted by Gasteiger charge is -2.20. The van der Waals surface area contributed by atoms with Crippen molar-refractivity contribution in [1.82, 2.24) is 0 Å². The quantitative estimate of drug-likeness (QED) is 0.711. The Morgan fingerprint density at radius 1 is 1.25 bits per heavy atom. The van der Waals surface area contributed by atoms with Crippen LogP contribution in [0.2, 0.25) is 0 Å². The van der Waals surface area contributed by atoms with E-state index in [1.165, 1.54) is 12.5 Å². The van der Waals surface area contributed by atoms with Gasteiger partial charge in [0.05, 0.1) is 6.61 Å². The second kappa shape index (κ2) is 6.31. The van der Waals surface area contributed by atoms with E-state index in [0.29, 0.717) is 18.4 Å². The van der Waals surface area contributed by atoms with Crippen LogP contribution in [-0.2, 0) is 9.53 Å². The number of rotatable bonds is 5. The molecule has 0 aromatic heterocycles. The van der Waals surface area contributed by atoms with Crippen molar-refractivity contribution in [3.63, 3.8) is 0 Å². The number of hydrogen-bond acceptors (Lipinski definition) is 2. The first kappa shape index (κ1) is 12.8. The summed E-state index contributed by atoms with van der Waals surface area (Å²) in [5.74, 6) is 0.818. The van der Waals surface area contributed by atoms with Crippen molar-refractivity contribution in [2.75, 3.05) is 6.61 Å². The van der Waals surface area contributed by atoms with E-state index < -0.39 is 0 Å². The van der Waals surface area contributed by atoms with E-state index in [2.05, 4.69) is 38.1 Å². The Kier molecular flexibility index (Phi) is 5.03. The van der Waals surface area contributed by atoms with E-state index in [4.69, 9.17) is 4.74 Å². The van der Waals surface area contributed by atoms with E-state index in [-0.39, 0.29) is 5.97 Å². The molecule has 16 heavy (non-hydrogen) atoms. The molecule has 2 heteroatoms. The molecule has 0 aliphatic rings. The van der Waals surface area contributed by atoms with Crippen LogP contribution >= 0.6 is 0 Å². The SMILES string of the molecule is CC(=O)OCCC(C)C(C)c1ccccc1. The molecule has 0 amide bonds. The van der Waals surface area contributed by atoms with Crippen LogP contribution in [0, 0.1) is 5.92 Å². The molecule has 1 rings (SSSR count). The summed E-state index contributed by atoms with van der Waals surface area (Å²) in [5, 5.41) is 0. The molecule has 2 unspecified atom stereocenters. The van der Waals surface area contributed by atoms with Gasteiger partial charge in [0.25, 0.3) is 0 Å². The van der Waals surface area contributed by atoms with E-state index in [0.717, 1.165) is 6.42 Å². The Hall–Kier alpha value is -1.31. The molecule has 1 aromatic rings. The number of hydrogen-bond donors (Lipinski definition) is 0. The van der Waals surface area contributed by atoms with Gasteiger partial charge >= 0.3 is 5.97 Å². The Morgan fingerprint density at radius 3 is 2.44 bits per heavy atom. The van der Waals surface area contributed by atoms with Crippen LogP contribution in [0.25, 0.3) is 0 Å². The van der Waals surface area contributed by atoms with Gasteiger partial charge in [-0.2, -0.15) is 0 Å². The molecule has 88 valence electrons. The highest BCUT2D eigenvalue weighted by atomic mass is 16.5. The molecule has 0 heterocycles. The van der Waals surface area contributed by atoms with Gasteiger partial charge in [0.15, 0.2) is 0 Å². The zero-order valence-corrected chi connectivity index (χ0v) is 10.3. The summed E-state index contributed by atoms with van der Waals surface area (Å²) in [7, 11) is 0. The van der Waals surface area contributed by atoms with Crippen LogP contribution < -0.4 is 0 Å². The minimum absolute atomic E-state index is 0.195. The van der Waals surface area contributed by atoms with Gasteiger partial charge in [-0.05, 0) is 23.8 Å². The fraction of sp³-hybridized carbons (Fsp3) is 0.500. The summed E-state index contributed by atoms with van der Waals surface area (Å²) in [5.41, 5.74) is 1.35. The maximum atomic E-state index is 10.6. The normalized spacial score (nSPS) is 14.2. The molecule has 0 aliphatic heterocycles. The minimum atomic E-state index is -0.195. The van der Waals surface area contributed by atoms with Gasteiger partial charge in [-0.25, -0.2) is 0 Å². The van der Waals surface area contributed by atoms with E-state index in [1.807, 2.05) is 6.07 Å². The molecule has 1 aromatic carbocycles. The zero-order chi connectivity index (χ0) is 12.0. The molecule has 0 N–H and O–H groups in total. The Morgan fingerprint density at radius 2 is 1.88 bits per heavy atom. The van der Waals surface area contributed by atoms with Gasteiger partial charge in [-0.1, -0.05) is 44.2 Å². The lowest BCUT2D eigenvalue weighted by molar-refractivity contribution is -0.141. The molecule has 0 saturated heterocycles. The number of carbonyl (C=O) groups excluding carboxylic acids is 1. The molecular weight excluding hydrogens is 200 g/mol. The van der Waals surface area contributed by atoms with Crippen LogP contribution in [0.1, 0.15) is 38.7 Å². The summed E-state index contributed by atoms with van der Waals surface area (Å²) >= 11 is 0. The second-order valence-corrected chi connectivity index (χ2v) is 4.31. The average molecular weight is 220 g/mol. The standard InChI is InChI=1S/C14H20O2/c1-11(9-10-16-13(3)15)12(2)14-7-5-4-6-8-14/h4-8,11-12H,9-10H2,1-3H3. The number of esters is 1. The molecule has 0 saturated carbocycles.